The standard InChI is InChI=1S/C15H12F3N3OS2/c16-15(17,18)22-10-1-2-12-13(9-10)24-14(19)21(12)7-8-23-11-3-5-20-6-4-11/h1-6,9,19H,7-8H2. The number of pyridine rings is 1. The zero-order valence-electron chi connectivity index (χ0n) is 12.2. The van der Waals surface area contributed by atoms with Gasteiger partial charge in [0.1, 0.15) is 5.75 Å². The first kappa shape index (κ1) is 16.8. The van der Waals surface area contributed by atoms with Crippen LogP contribution in [0.5, 0.6) is 5.75 Å². The fraction of sp³-hybridized carbons (Fsp3) is 0.200. The van der Waals surface area contributed by atoms with Crippen molar-refractivity contribution in [1.29, 1.82) is 5.41 Å². The Morgan fingerprint density at radius 1 is 1.21 bits per heavy atom. The van der Waals surface area contributed by atoms with Crippen LogP contribution in [0.25, 0.3) is 10.2 Å². The molecule has 0 unspecified atom stereocenters. The highest BCUT2D eigenvalue weighted by Gasteiger charge is 2.31. The van der Waals surface area contributed by atoms with Crippen LogP contribution in [0.2, 0.25) is 0 Å². The van der Waals surface area contributed by atoms with Crippen molar-refractivity contribution in [3.8, 4) is 5.75 Å². The van der Waals surface area contributed by atoms with Gasteiger partial charge < -0.3 is 9.30 Å². The molecule has 4 nitrogen and oxygen atoms in total. The Bertz CT molecular complexity index is 890. The smallest absolute Gasteiger partial charge is 0.406 e. The average molecular weight is 371 g/mol. The minimum atomic E-state index is -4.72. The molecule has 24 heavy (non-hydrogen) atoms. The summed E-state index contributed by atoms with van der Waals surface area (Å²) in [6.45, 7) is 0.589. The largest absolute Gasteiger partial charge is 0.573 e. The molecule has 9 heteroatoms. The van der Waals surface area contributed by atoms with Gasteiger partial charge in [-0.05, 0) is 30.3 Å². The van der Waals surface area contributed by atoms with E-state index in [2.05, 4.69) is 9.72 Å². The van der Waals surface area contributed by atoms with Gasteiger partial charge in [-0.3, -0.25) is 10.4 Å². The summed E-state index contributed by atoms with van der Waals surface area (Å²) in [5.41, 5.74) is 0.731. The highest BCUT2D eigenvalue weighted by molar-refractivity contribution is 7.99. The fourth-order valence-corrected chi connectivity index (χ4v) is 3.97. The number of fused-ring (bicyclic) bond motifs is 1. The Hall–Kier alpha value is -2.00. The van der Waals surface area contributed by atoms with Gasteiger partial charge in [0.15, 0.2) is 4.80 Å². The van der Waals surface area contributed by atoms with Gasteiger partial charge in [-0.1, -0.05) is 11.3 Å². The lowest BCUT2D eigenvalue weighted by atomic mass is 10.3. The molecule has 3 rings (SSSR count). The maximum absolute atomic E-state index is 12.3. The van der Waals surface area contributed by atoms with Gasteiger partial charge in [0, 0.05) is 29.6 Å². The predicted molar refractivity (Wildman–Crippen MR) is 87.3 cm³/mol. The van der Waals surface area contributed by atoms with E-state index in [4.69, 9.17) is 5.41 Å². The molecule has 0 spiro atoms. The molecule has 1 aromatic carbocycles. The topological polar surface area (TPSA) is 50.9 Å². The number of thiazole rings is 1. The first-order valence-electron chi connectivity index (χ1n) is 6.89. The van der Waals surface area contributed by atoms with Crippen molar-refractivity contribution in [3.05, 3.63) is 47.5 Å². The Balaban J connectivity index is 1.76. The van der Waals surface area contributed by atoms with E-state index >= 15 is 0 Å². The van der Waals surface area contributed by atoms with Crippen molar-refractivity contribution in [2.45, 2.75) is 17.8 Å². The molecule has 0 bridgehead atoms. The third kappa shape index (κ3) is 4.09. The summed E-state index contributed by atoms with van der Waals surface area (Å²) in [6, 6.07) is 7.96. The van der Waals surface area contributed by atoms with Crippen LogP contribution in [-0.2, 0) is 6.54 Å². The van der Waals surface area contributed by atoms with Crippen LogP contribution in [-0.4, -0.2) is 21.7 Å². The number of hydrogen-bond donors (Lipinski definition) is 1. The van der Waals surface area contributed by atoms with Gasteiger partial charge in [0.05, 0.1) is 10.2 Å². The maximum Gasteiger partial charge on any atom is 0.573 e. The second kappa shape index (κ2) is 6.86. The molecule has 0 radical (unpaired) electrons. The van der Waals surface area contributed by atoms with E-state index in [0.717, 1.165) is 27.5 Å². The normalized spacial score (nSPS) is 11.8. The van der Waals surface area contributed by atoms with Crippen molar-refractivity contribution in [3.63, 3.8) is 0 Å². The number of halogens is 3. The molecule has 2 heterocycles. The monoisotopic (exact) mass is 371 g/mol. The average Bonchev–Trinajstić information content (AvgIpc) is 2.82. The zero-order valence-corrected chi connectivity index (χ0v) is 13.8. The van der Waals surface area contributed by atoms with E-state index in [-0.39, 0.29) is 5.75 Å². The predicted octanol–water partition coefficient (Wildman–Crippen LogP) is 4.27. The van der Waals surface area contributed by atoms with Gasteiger partial charge in [-0.25, -0.2) is 0 Å². The van der Waals surface area contributed by atoms with Crippen molar-refractivity contribution in [1.82, 2.24) is 9.55 Å². The summed E-state index contributed by atoms with van der Waals surface area (Å²) in [6.07, 6.45) is -1.28. The summed E-state index contributed by atoms with van der Waals surface area (Å²) in [7, 11) is 0. The second-order valence-electron chi connectivity index (χ2n) is 4.77. The van der Waals surface area contributed by atoms with Crippen LogP contribution in [0.4, 0.5) is 13.2 Å². The van der Waals surface area contributed by atoms with Crippen molar-refractivity contribution < 1.29 is 17.9 Å². The number of thioether (sulfide) groups is 1. The lowest BCUT2D eigenvalue weighted by Gasteiger charge is -2.09. The summed E-state index contributed by atoms with van der Waals surface area (Å²) in [4.78, 5) is 5.33. The molecule has 0 aliphatic heterocycles. The number of alkyl halides is 3. The number of benzene rings is 1. The third-order valence-corrected chi connectivity index (χ3v) is 5.09. The number of aryl methyl sites for hydroxylation is 1. The SMILES string of the molecule is N=c1sc2cc(OC(F)(F)F)ccc2n1CCSc1ccncc1. The Labute approximate surface area is 143 Å². The van der Waals surface area contributed by atoms with Gasteiger partial charge in [-0.2, -0.15) is 0 Å². The molecule has 0 aliphatic carbocycles. The van der Waals surface area contributed by atoms with E-state index in [1.165, 1.54) is 12.1 Å². The minimum Gasteiger partial charge on any atom is -0.406 e. The highest BCUT2D eigenvalue weighted by atomic mass is 32.2. The molecule has 0 atom stereocenters. The molecule has 0 amide bonds. The van der Waals surface area contributed by atoms with Crippen LogP contribution in [0, 0.1) is 5.41 Å². The number of nitrogens with zero attached hydrogens (tertiary/aromatic N) is 2. The zero-order chi connectivity index (χ0) is 17.2. The van der Waals surface area contributed by atoms with Gasteiger partial charge in [-0.15, -0.1) is 24.9 Å². The number of ether oxygens (including phenoxy) is 1. The van der Waals surface area contributed by atoms with Crippen LogP contribution < -0.4 is 9.54 Å². The van der Waals surface area contributed by atoms with Crippen molar-refractivity contribution in [2.75, 3.05) is 5.75 Å². The molecular weight excluding hydrogens is 359 g/mol. The molecule has 2 aromatic heterocycles. The van der Waals surface area contributed by atoms with Crippen molar-refractivity contribution >= 4 is 33.3 Å². The van der Waals surface area contributed by atoms with Gasteiger partial charge in [0.25, 0.3) is 0 Å². The Morgan fingerprint density at radius 3 is 2.67 bits per heavy atom. The molecule has 0 aliphatic rings. The Kier molecular flexibility index (Phi) is 4.81. The lowest BCUT2D eigenvalue weighted by Crippen LogP contribution is -2.17. The lowest BCUT2D eigenvalue weighted by molar-refractivity contribution is -0.274. The van der Waals surface area contributed by atoms with Crippen LogP contribution in [0.1, 0.15) is 0 Å². The van der Waals surface area contributed by atoms with E-state index in [9.17, 15) is 13.2 Å². The molecule has 3 aromatic rings. The first-order chi connectivity index (χ1) is 11.4. The highest BCUT2D eigenvalue weighted by Crippen LogP contribution is 2.28. The summed E-state index contributed by atoms with van der Waals surface area (Å²) in [5.74, 6) is 0.474. The van der Waals surface area contributed by atoms with Crippen LogP contribution in [0.15, 0.2) is 47.6 Å². The molecule has 0 fully saturated rings. The summed E-state index contributed by atoms with van der Waals surface area (Å²) in [5, 5.41) is 8.03. The summed E-state index contributed by atoms with van der Waals surface area (Å²) < 4.78 is 43.2. The minimum absolute atomic E-state index is 0.269. The maximum atomic E-state index is 12.3. The molecule has 126 valence electrons. The van der Waals surface area contributed by atoms with E-state index in [1.54, 1.807) is 34.8 Å². The van der Waals surface area contributed by atoms with E-state index in [0.29, 0.717) is 16.0 Å². The van der Waals surface area contributed by atoms with Crippen LogP contribution >= 0.6 is 23.1 Å². The Morgan fingerprint density at radius 2 is 1.96 bits per heavy atom. The number of hydrogen-bond acceptors (Lipinski definition) is 5. The first-order valence-corrected chi connectivity index (χ1v) is 8.69. The second-order valence-corrected chi connectivity index (χ2v) is 6.97. The molecule has 0 saturated heterocycles. The number of nitrogens with one attached hydrogen (secondary N) is 1. The van der Waals surface area contributed by atoms with Gasteiger partial charge in [0.2, 0.25) is 0 Å². The van der Waals surface area contributed by atoms with E-state index < -0.39 is 6.36 Å². The summed E-state index contributed by atoms with van der Waals surface area (Å²) >= 11 is 2.76. The number of rotatable bonds is 5. The van der Waals surface area contributed by atoms with E-state index in [1.807, 2.05) is 12.1 Å². The van der Waals surface area contributed by atoms with Crippen molar-refractivity contribution in [2.24, 2.45) is 0 Å². The fourth-order valence-electron chi connectivity index (χ4n) is 2.18. The molecule has 1 N–H and O–H groups in total. The van der Waals surface area contributed by atoms with Crippen LogP contribution in [0.3, 0.4) is 0 Å². The molecular formula is C15H12F3N3OS2. The molecule has 0 saturated carbocycles. The third-order valence-electron chi connectivity index (χ3n) is 3.14. The quantitative estimate of drug-likeness (QED) is 0.682. The van der Waals surface area contributed by atoms with Gasteiger partial charge >= 0.3 is 6.36 Å². The number of aromatic nitrogens is 2.